The van der Waals surface area contributed by atoms with Crippen LogP contribution in [0, 0.1) is 5.82 Å². The largest absolute Gasteiger partial charge is 0.307 e. The van der Waals surface area contributed by atoms with E-state index in [0.29, 0.717) is 17.9 Å². The highest BCUT2D eigenvalue weighted by Crippen LogP contribution is 2.17. The van der Waals surface area contributed by atoms with Gasteiger partial charge >= 0.3 is 0 Å². The van der Waals surface area contributed by atoms with Gasteiger partial charge in [0.15, 0.2) is 0 Å². The number of hydrogen-bond donors (Lipinski definition) is 1. The molecule has 6 heteroatoms. The van der Waals surface area contributed by atoms with Gasteiger partial charge in [-0.2, -0.15) is 5.10 Å². The molecule has 1 aromatic carbocycles. The first-order chi connectivity index (χ1) is 10.6. The molecule has 1 heterocycles. The first-order valence-electron chi connectivity index (χ1n) is 6.66. The predicted molar refractivity (Wildman–Crippen MR) is 85.3 cm³/mol. The van der Waals surface area contributed by atoms with Crippen LogP contribution in [0.5, 0.6) is 0 Å². The second kappa shape index (κ2) is 7.56. The first-order valence-corrected chi connectivity index (χ1v) is 7.04. The van der Waals surface area contributed by atoms with E-state index in [2.05, 4.69) is 10.4 Å². The number of aromatic nitrogens is 2. The Kier molecular flexibility index (Phi) is 5.49. The molecule has 0 atom stereocenters. The van der Waals surface area contributed by atoms with E-state index in [9.17, 15) is 9.18 Å². The zero-order valence-corrected chi connectivity index (χ0v) is 12.7. The predicted octanol–water partition coefficient (Wildman–Crippen LogP) is 3.79. The SMILES string of the molecule is C/C=C/C=C/C(=O)Nc1ccnn1Cc1ccc(Cl)c(F)c1. The van der Waals surface area contributed by atoms with Crippen LogP contribution in [0.15, 0.2) is 54.8 Å². The number of hydrogen-bond acceptors (Lipinski definition) is 2. The standard InChI is InChI=1S/C16H15ClFN3O/c1-2-3-4-5-16(22)20-15-8-9-19-21(15)11-12-6-7-13(17)14(18)10-12/h2-10H,11H2,1H3,(H,20,22)/b3-2+,5-4+. The zero-order valence-electron chi connectivity index (χ0n) is 12.0. The summed E-state index contributed by atoms with van der Waals surface area (Å²) in [4.78, 5) is 11.7. The highest BCUT2D eigenvalue weighted by Gasteiger charge is 2.07. The van der Waals surface area contributed by atoms with E-state index in [4.69, 9.17) is 11.6 Å². The molecule has 0 unspecified atom stereocenters. The summed E-state index contributed by atoms with van der Waals surface area (Å²) in [5, 5.41) is 6.91. The minimum atomic E-state index is -0.480. The van der Waals surface area contributed by atoms with Gasteiger partial charge in [0.1, 0.15) is 11.6 Å². The Morgan fingerprint density at radius 1 is 1.41 bits per heavy atom. The normalized spacial score (nSPS) is 11.4. The molecule has 1 N–H and O–H groups in total. The van der Waals surface area contributed by atoms with Crippen LogP contribution in [-0.4, -0.2) is 15.7 Å². The van der Waals surface area contributed by atoms with Crippen molar-refractivity contribution >= 4 is 23.3 Å². The highest BCUT2D eigenvalue weighted by atomic mass is 35.5. The molecule has 0 saturated carbocycles. The van der Waals surface area contributed by atoms with Gasteiger partial charge in [-0.15, -0.1) is 0 Å². The summed E-state index contributed by atoms with van der Waals surface area (Å²) in [6.07, 6.45) is 8.21. The van der Waals surface area contributed by atoms with Crippen LogP contribution in [0.4, 0.5) is 10.2 Å². The van der Waals surface area contributed by atoms with E-state index in [1.54, 1.807) is 35.2 Å². The maximum absolute atomic E-state index is 13.4. The van der Waals surface area contributed by atoms with E-state index in [-0.39, 0.29) is 10.9 Å². The molecule has 0 spiro atoms. The summed E-state index contributed by atoms with van der Waals surface area (Å²) >= 11 is 5.66. The Morgan fingerprint density at radius 2 is 2.23 bits per heavy atom. The van der Waals surface area contributed by atoms with Crippen molar-refractivity contribution in [3.8, 4) is 0 Å². The maximum atomic E-state index is 13.4. The summed E-state index contributed by atoms with van der Waals surface area (Å²) in [5.41, 5.74) is 0.700. The molecule has 0 saturated heterocycles. The van der Waals surface area contributed by atoms with Crippen molar-refractivity contribution in [2.45, 2.75) is 13.5 Å². The van der Waals surface area contributed by atoms with Gasteiger partial charge in [-0.05, 0) is 24.6 Å². The van der Waals surface area contributed by atoms with Crippen molar-refractivity contribution in [3.05, 3.63) is 71.2 Å². The van der Waals surface area contributed by atoms with Crippen LogP contribution in [0.1, 0.15) is 12.5 Å². The number of nitrogens with one attached hydrogen (secondary N) is 1. The molecule has 0 bridgehead atoms. The van der Waals surface area contributed by atoms with Crippen LogP contribution >= 0.6 is 11.6 Å². The molecule has 0 aliphatic rings. The van der Waals surface area contributed by atoms with E-state index >= 15 is 0 Å². The Hall–Kier alpha value is -2.40. The number of anilines is 1. The lowest BCUT2D eigenvalue weighted by molar-refractivity contribution is -0.111. The van der Waals surface area contributed by atoms with Crippen molar-refractivity contribution in [1.82, 2.24) is 9.78 Å². The molecular weight excluding hydrogens is 305 g/mol. The van der Waals surface area contributed by atoms with Crippen LogP contribution in [0.2, 0.25) is 5.02 Å². The molecule has 4 nitrogen and oxygen atoms in total. The van der Waals surface area contributed by atoms with Crippen LogP contribution in [0.25, 0.3) is 0 Å². The second-order valence-corrected chi connectivity index (χ2v) is 4.90. The van der Waals surface area contributed by atoms with E-state index in [1.165, 1.54) is 18.2 Å². The minimum Gasteiger partial charge on any atom is -0.307 e. The van der Waals surface area contributed by atoms with Crippen LogP contribution in [-0.2, 0) is 11.3 Å². The molecule has 114 valence electrons. The highest BCUT2D eigenvalue weighted by molar-refractivity contribution is 6.30. The summed E-state index contributed by atoms with van der Waals surface area (Å²) in [6, 6.07) is 6.23. The Labute approximate surface area is 132 Å². The molecule has 1 aromatic heterocycles. The van der Waals surface area contributed by atoms with Crippen LogP contribution < -0.4 is 5.32 Å². The number of benzene rings is 1. The maximum Gasteiger partial charge on any atom is 0.249 e. The third-order valence-corrected chi connectivity index (χ3v) is 3.14. The fraction of sp³-hybridized carbons (Fsp3) is 0.125. The molecule has 1 amide bonds. The summed E-state index contributed by atoms with van der Waals surface area (Å²) in [5.74, 6) is -0.209. The Bertz CT molecular complexity index is 722. The zero-order chi connectivity index (χ0) is 15.9. The smallest absolute Gasteiger partial charge is 0.249 e. The summed E-state index contributed by atoms with van der Waals surface area (Å²) in [6.45, 7) is 2.19. The molecule has 2 rings (SSSR count). The van der Waals surface area contributed by atoms with Gasteiger partial charge in [0.05, 0.1) is 17.8 Å². The van der Waals surface area contributed by atoms with Crippen LogP contribution in [0.3, 0.4) is 0 Å². The van der Waals surface area contributed by atoms with Gasteiger partial charge < -0.3 is 5.32 Å². The van der Waals surface area contributed by atoms with E-state index in [1.807, 2.05) is 13.0 Å². The average molecular weight is 320 g/mol. The second-order valence-electron chi connectivity index (χ2n) is 4.50. The molecule has 0 fully saturated rings. The third-order valence-electron chi connectivity index (χ3n) is 2.84. The summed E-state index contributed by atoms with van der Waals surface area (Å²) < 4.78 is 15.0. The Morgan fingerprint density at radius 3 is 2.95 bits per heavy atom. The van der Waals surface area contributed by atoms with Gasteiger partial charge in [0, 0.05) is 12.1 Å². The van der Waals surface area contributed by atoms with E-state index < -0.39 is 5.82 Å². The van der Waals surface area contributed by atoms with Crippen molar-refractivity contribution in [3.63, 3.8) is 0 Å². The van der Waals surface area contributed by atoms with Crippen molar-refractivity contribution in [1.29, 1.82) is 0 Å². The minimum absolute atomic E-state index is 0.0758. The molecule has 0 aliphatic heterocycles. The van der Waals surface area contributed by atoms with Gasteiger partial charge in [-0.25, -0.2) is 9.07 Å². The number of carbonyl (C=O) groups is 1. The van der Waals surface area contributed by atoms with Gasteiger partial charge in [0.2, 0.25) is 5.91 Å². The quantitative estimate of drug-likeness (QED) is 0.673. The molecule has 2 aromatic rings. The molecule has 0 aliphatic carbocycles. The average Bonchev–Trinajstić information content (AvgIpc) is 2.90. The van der Waals surface area contributed by atoms with Gasteiger partial charge in [-0.1, -0.05) is 35.9 Å². The van der Waals surface area contributed by atoms with Crippen molar-refractivity contribution in [2.75, 3.05) is 5.32 Å². The van der Waals surface area contributed by atoms with Crippen molar-refractivity contribution < 1.29 is 9.18 Å². The van der Waals surface area contributed by atoms with Crippen molar-refractivity contribution in [2.24, 2.45) is 0 Å². The molecular formula is C16H15ClFN3O. The van der Waals surface area contributed by atoms with E-state index in [0.717, 1.165) is 0 Å². The number of allylic oxidation sites excluding steroid dienone is 3. The molecule has 22 heavy (non-hydrogen) atoms. The third kappa shape index (κ3) is 4.30. The topological polar surface area (TPSA) is 46.9 Å². The fourth-order valence-corrected chi connectivity index (χ4v) is 1.92. The number of carbonyl (C=O) groups excluding carboxylic acids is 1. The summed E-state index contributed by atoms with van der Waals surface area (Å²) in [7, 11) is 0. The lowest BCUT2D eigenvalue weighted by Gasteiger charge is -2.08. The number of nitrogens with zero attached hydrogens (tertiary/aromatic N) is 2. The Balaban J connectivity index is 2.09. The number of halogens is 2. The number of amides is 1. The first kappa shape index (κ1) is 16.0. The van der Waals surface area contributed by atoms with Gasteiger partial charge in [0.25, 0.3) is 0 Å². The fourth-order valence-electron chi connectivity index (χ4n) is 1.80. The van der Waals surface area contributed by atoms with Gasteiger partial charge in [-0.3, -0.25) is 4.79 Å². The molecule has 0 radical (unpaired) electrons. The number of rotatable bonds is 5. The lowest BCUT2D eigenvalue weighted by Crippen LogP contribution is -2.13. The monoisotopic (exact) mass is 319 g/mol. The lowest BCUT2D eigenvalue weighted by atomic mass is 10.2.